The van der Waals surface area contributed by atoms with Crippen LogP contribution < -0.4 is 10.1 Å². The standard InChI is InChI=1S/C14H12ClFN2O3/c1-17-8-9-3-2-4-10(5-9)21-14-7-12(16)11(15)6-13(14)18(19)20/h2-7,17H,8H2,1H3. The number of ether oxygens (including phenoxy) is 1. The molecule has 0 aliphatic carbocycles. The Bertz CT molecular complexity index is 679. The van der Waals surface area contributed by atoms with Crippen LogP contribution in [0.3, 0.4) is 0 Å². The number of rotatable bonds is 5. The number of hydrogen-bond acceptors (Lipinski definition) is 4. The summed E-state index contributed by atoms with van der Waals surface area (Å²) in [7, 11) is 1.80. The van der Waals surface area contributed by atoms with E-state index in [0.29, 0.717) is 12.3 Å². The molecule has 0 bridgehead atoms. The Morgan fingerprint density at radius 1 is 1.38 bits per heavy atom. The summed E-state index contributed by atoms with van der Waals surface area (Å²) in [6, 6.07) is 8.82. The molecule has 0 radical (unpaired) electrons. The van der Waals surface area contributed by atoms with E-state index >= 15 is 0 Å². The highest BCUT2D eigenvalue weighted by Crippen LogP contribution is 2.35. The van der Waals surface area contributed by atoms with Gasteiger partial charge in [-0.15, -0.1) is 0 Å². The average molecular weight is 311 g/mol. The van der Waals surface area contributed by atoms with Gasteiger partial charge in [-0.2, -0.15) is 0 Å². The summed E-state index contributed by atoms with van der Waals surface area (Å²) in [6.07, 6.45) is 0. The van der Waals surface area contributed by atoms with Gasteiger partial charge in [0, 0.05) is 18.7 Å². The maximum atomic E-state index is 13.5. The van der Waals surface area contributed by atoms with E-state index in [0.717, 1.165) is 17.7 Å². The minimum atomic E-state index is -0.774. The van der Waals surface area contributed by atoms with E-state index in [9.17, 15) is 14.5 Å². The van der Waals surface area contributed by atoms with Crippen LogP contribution in [0.15, 0.2) is 36.4 Å². The zero-order valence-electron chi connectivity index (χ0n) is 11.1. The van der Waals surface area contributed by atoms with E-state index in [1.54, 1.807) is 25.2 Å². The number of halogens is 2. The number of benzene rings is 2. The summed E-state index contributed by atoms with van der Waals surface area (Å²) >= 11 is 5.56. The minimum Gasteiger partial charge on any atom is -0.450 e. The van der Waals surface area contributed by atoms with Crippen molar-refractivity contribution in [3.05, 3.63) is 62.9 Å². The van der Waals surface area contributed by atoms with Crippen molar-refractivity contribution < 1.29 is 14.1 Å². The Hall–Kier alpha value is -2.18. The smallest absolute Gasteiger partial charge is 0.313 e. The normalized spacial score (nSPS) is 10.4. The largest absolute Gasteiger partial charge is 0.450 e. The molecule has 5 nitrogen and oxygen atoms in total. The molecule has 0 heterocycles. The Morgan fingerprint density at radius 2 is 2.14 bits per heavy atom. The lowest BCUT2D eigenvalue weighted by Gasteiger charge is -2.08. The summed E-state index contributed by atoms with van der Waals surface area (Å²) in [6.45, 7) is 0.619. The predicted octanol–water partition coefficient (Wildman–Crippen LogP) is 3.90. The predicted molar refractivity (Wildman–Crippen MR) is 77.3 cm³/mol. The molecule has 2 rings (SSSR count). The Labute approximate surface area is 125 Å². The van der Waals surface area contributed by atoms with Crippen LogP contribution in [0.5, 0.6) is 11.5 Å². The van der Waals surface area contributed by atoms with E-state index in [2.05, 4.69) is 5.32 Å². The molecule has 110 valence electrons. The lowest BCUT2D eigenvalue weighted by atomic mass is 10.2. The van der Waals surface area contributed by atoms with Crippen molar-refractivity contribution >= 4 is 17.3 Å². The molecule has 0 spiro atoms. The van der Waals surface area contributed by atoms with Gasteiger partial charge in [-0.1, -0.05) is 23.7 Å². The van der Waals surface area contributed by atoms with Gasteiger partial charge in [0.05, 0.1) is 9.95 Å². The molecule has 7 heteroatoms. The van der Waals surface area contributed by atoms with Crippen molar-refractivity contribution in [3.8, 4) is 11.5 Å². The van der Waals surface area contributed by atoms with Crippen molar-refractivity contribution in [2.24, 2.45) is 0 Å². The summed E-state index contributed by atoms with van der Waals surface area (Å²) in [5.41, 5.74) is 0.549. The highest BCUT2D eigenvalue weighted by molar-refractivity contribution is 6.31. The molecule has 0 unspecified atom stereocenters. The molecule has 0 amide bonds. The molecule has 0 atom stereocenters. The second-order valence-electron chi connectivity index (χ2n) is 4.27. The first-order chi connectivity index (χ1) is 10.0. The van der Waals surface area contributed by atoms with E-state index in [4.69, 9.17) is 16.3 Å². The maximum Gasteiger partial charge on any atom is 0.313 e. The number of nitrogens with one attached hydrogen (secondary N) is 1. The van der Waals surface area contributed by atoms with Crippen LogP contribution in [0, 0.1) is 15.9 Å². The van der Waals surface area contributed by atoms with Crippen molar-refractivity contribution in [3.63, 3.8) is 0 Å². The molecular formula is C14H12ClFN2O3. The van der Waals surface area contributed by atoms with Crippen LogP contribution in [0.2, 0.25) is 5.02 Å². The van der Waals surface area contributed by atoms with Crippen LogP contribution >= 0.6 is 11.6 Å². The van der Waals surface area contributed by atoms with E-state index in [1.165, 1.54) is 0 Å². The summed E-state index contributed by atoms with van der Waals surface area (Å²) in [5.74, 6) is -0.584. The lowest BCUT2D eigenvalue weighted by Crippen LogP contribution is -2.04. The topological polar surface area (TPSA) is 64.4 Å². The van der Waals surface area contributed by atoms with Crippen LogP contribution in [-0.2, 0) is 6.54 Å². The molecule has 0 aromatic heterocycles. The van der Waals surface area contributed by atoms with Crippen molar-refractivity contribution in [1.82, 2.24) is 5.32 Å². The lowest BCUT2D eigenvalue weighted by molar-refractivity contribution is -0.385. The van der Waals surface area contributed by atoms with Gasteiger partial charge in [-0.25, -0.2) is 4.39 Å². The van der Waals surface area contributed by atoms with Gasteiger partial charge in [0.2, 0.25) is 5.75 Å². The minimum absolute atomic E-state index is 0.191. The van der Waals surface area contributed by atoms with Gasteiger partial charge in [0.1, 0.15) is 11.6 Å². The number of nitrogens with zero attached hydrogens (tertiary/aromatic N) is 1. The monoisotopic (exact) mass is 310 g/mol. The quantitative estimate of drug-likeness (QED) is 0.672. The highest BCUT2D eigenvalue weighted by atomic mass is 35.5. The first kappa shape index (κ1) is 15.2. The van der Waals surface area contributed by atoms with Crippen LogP contribution in [0.25, 0.3) is 0 Å². The average Bonchev–Trinajstić information content (AvgIpc) is 2.43. The van der Waals surface area contributed by atoms with Crippen molar-refractivity contribution in [2.45, 2.75) is 6.54 Å². The molecule has 0 saturated heterocycles. The van der Waals surface area contributed by atoms with Crippen molar-refractivity contribution in [2.75, 3.05) is 7.05 Å². The van der Waals surface area contributed by atoms with Gasteiger partial charge in [-0.3, -0.25) is 10.1 Å². The fourth-order valence-electron chi connectivity index (χ4n) is 1.79. The second-order valence-corrected chi connectivity index (χ2v) is 4.68. The highest BCUT2D eigenvalue weighted by Gasteiger charge is 2.19. The van der Waals surface area contributed by atoms with Crippen molar-refractivity contribution in [1.29, 1.82) is 0 Å². The number of nitro benzene ring substituents is 1. The molecule has 0 fully saturated rings. The van der Waals surface area contributed by atoms with E-state index < -0.39 is 10.7 Å². The third kappa shape index (κ3) is 3.68. The Kier molecular flexibility index (Phi) is 4.72. The molecule has 2 aromatic rings. The molecular weight excluding hydrogens is 299 g/mol. The molecule has 21 heavy (non-hydrogen) atoms. The molecule has 0 aliphatic heterocycles. The van der Waals surface area contributed by atoms with Crippen LogP contribution in [-0.4, -0.2) is 12.0 Å². The zero-order chi connectivity index (χ0) is 15.4. The summed E-state index contributed by atoms with van der Waals surface area (Å²) in [4.78, 5) is 10.3. The van der Waals surface area contributed by atoms with Gasteiger partial charge in [0.15, 0.2) is 0 Å². The van der Waals surface area contributed by atoms with E-state index in [-0.39, 0.29) is 16.5 Å². The summed E-state index contributed by atoms with van der Waals surface area (Å²) in [5, 5.41) is 13.6. The fourth-order valence-corrected chi connectivity index (χ4v) is 1.95. The zero-order valence-corrected chi connectivity index (χ0v) is 11.9. The number of hydrogen-bond donors (Lipinski definition) is 1. The van der Waals surface area contributed by atoms with Gasteiger partial charge in [0.25, 0.3) is 0 Å². The van der Waals surface area contributed by atoms with Crippen LogP contribution in [0.1, 0.15) is 5.56 Å². The molecule has 1 N–H and O–H groups in total. The Balaban J connectivity index is 2.36. The first-order valence-corrected chi connectivity index (χ1v) is 6.44. The summed E-state index contributed by atoms with van der Waals surface area (Å²) < 4.78 is 18.9. The SMILES string of the molecule is CNCc1cccc(Oc2cc(F)c(Cl)cc2[N+](=O)[O-])c1. The Morgan fingerprint density at radius 3 is 2.81 bits per heavy atom. The molecule has 0 aliphatic rings. The third-order valence-corrected chi connectivity index (χ3v) is 3.00. The molecule has 2 aromatic carbocycles. The number of nitro groups is 1. The maximum absolute atomic E-state index is 13.5. The van der Waals surface area contributed by atoms with Gasteiger partial charge >= 0.3 is 5.69 Å². The van der Waals surface area contributed by atoms with Gasteiger partial charge < -0.3 is 10.1 Å². The second kappa shape index (κ2) is 6.51. The molecule has 0 saturated carbocycles. The van der Waals surface area contributed by atoms with Gasteiger partial charge in [-0.05, 0) is 24.7 Å². The van der Waals surface area contributed by atoms with E-state index in [1.807, 2.05) is 6.07 Å². The third-order valence-electron chi connectivity index (χ3n) is 2.71. The first-order valence-electron chi connectivity index (χ1n) is 6.06. The van der Waals surface area contributed by atoms with Crippen LogP contribution in [0.4, 0.5) is 10.1 Å². The fraction of sp³-hybridized carbons (Fsp3) is 0.143.